The van der Waals surface area contributed by atoms with Crippen molar-refractivity contribution in [3.05, 3.63) is 72.9 Å². The highest BCUT2D eigenvalue weighted by Gasteiger charge is 2.19. The molecule has 0 saturated carbocycles. The van der Waals surface area contributed by atoms with Crippen LogP contribution in [0, 0.1) is 0 Å². The van der Waals surface area contributed by atoms with E-state index in [-0.39, 0.29) is 31.1 Å². The van der Waals surface area contributed by atoms with Crippen molar-refractivity contribution in [2.24, 2.45) is 0 Å². The highest BCUT2D eigenvalue weighted by Crippen LogP contribution is 2.17. The molecule has 0 spiro atoms. The summed E-state index contributed by atoms with van der Waals surface area (Å²) in [7, 11) is 0. The normalized spacial score (nSPS) is 12.5. The van der Waals surface area contributed by atoms with E-state index in [2.05, 4.69) is 93.7 Å². The first-order valence-corrected chi connectivity index (χ1v) is 33.4. The summed E-state index contributed by atoms with van der Waals surface area (Å²) in [5, 5.41) is 0. The summed E-state index contributed by atoms with van der Waals surface area (Å²) in [5.41, 5.74) is 0. The van der Waals surface area contributed by atoms with Gasteiger partial charge in [0, 0.05) is 19.3 Å². The van der Waals surface area contributed by atoms with Crippen LogP contribution in [0.2, 0.25) is 0 Å². The van der Waals surface area contributed by atoms with Crippen LogP contribution in [0.15, 0.2) is 72.9 Å². The number of unbranched alkanes of at least 4 members (excludes halogenated alkanes) is 38. The predicted molar refractivity (Wildman–Crippen MR) is 335 cm³/mol. The first-order chi connectivity index (χ1) is 38.0. The first-order valence-electron chi connectivity index (χ1n) is 33.4. The number of hydrogen-bond donors (Lipinski definition) is 0. The van der Waals surface area contributed by atoms with Crippen molar-refractivity contribution < 1.29 is 28.6 Å². The maximum atomic E-state index is 12.9. The van der Waals surface area contributed by atoms with Crippen molar-refractivity contribution in [2.75, 3.05) is 13.2 Å². The van der Waals surface area contributed by atoms with Crippen molar-refractivity contribution in [3.8, 4) is 0 Å². The molecule has 446 valence electrons. The van der Waals surface area contributed by atoms with Crippen molar-refractivity contribution in [1.82, 2.24) is 0 Å². The smallest absolute Gasteiger partial charge is 0.306 e. The van der Waals surface area contributed by atoms with Crippen molar-refractivity contribution >= 4 is 17.9 Å². The average Bonchev–Trinajstić information content (AvgIpc) is 3.43. The van der Waals surface area contributed by atoms with Crippen LogP contribution in [-0.4, -0.2) is 37.2 Å². The molecule has 0 aliphatic heterocycles. The zero-order valence-electron chi connectivity index (χ0n) is 51.2. The number of esters is 3. The van der Waals surface area contributed by atoms with E-state index in [1.54, 1.807) is 0 Å². The molecule has 0 amide bonds. The number of carbonyl (C=O) groups is 3. The van der Waals surface area contributed by atoms with Gasteiger partial charge in [-0.15, -0.1) is 0 Å². The summed E-state index contributed by atoms with van der Waals surface area (Å²) in [6.07, 6.45) is 85.0. The number of carbonyl (C=O) groups excluding carboxylic acids is 3. The maximum Gasteiger partial charge on any atom is 0.306 e. The molecule has 0 rings (SSSR count). The highest BCUT2D eigenvalue weighted by atomic mass is 16.6. The van der Waals surface area contributed by atoms with E-state index in [9.17, 15) is 14.4 Å². The minimum Gasteiger partial charge on any atom is -0.462 e. The van der Waals surface area contributed by atoms with E-state index < -0.39 is 6.10 Å². The third kappa shape index (κ3) is 63.6. The fourth-order valence-electron chi connectivity index (χ4n) is 9.65. The Morgan fingerprint density at radius 1 is 0.273 bits per heavy atom. The SMILES string of the molecule is CC/C=C\C/C=C\C/C=C\C/C=C\CCCCCCCCCCCCCCCCCCCCC(=O)OCC(COC(=O)CCCCCCC/C=C\CCCC)OC(=O)CCCCCCCCC/C=C\CCCCCCCC. The topological polar surface area (TPSA) is 78.9 Å². The molecule has 0 aromatic carbocycles. The molecular weight excluding hydrogens is 949 g/mol. The molecule has 6 heteroatoms. The fourth-order valence-corrected chi connectivity index (χ4v) is 9.65. The summed E-state index contributed by atoms with van der Waals surface area (Å²) in [4.78, 5) is 38.3. The van der Waals surface area contributed by atoms with Crippen LogP contribution in [-0.2, 0) is 28.6 Å². The van der Waals surface area contributed by atoms with Crippen molar-refractivity contribution in [1.29, 1.82) is 0 Å². The molecule has 0 heterocycles. The van der Waals surface area contributed by atoms with Gasteiger partial charge >= 0.3 is 17.9 Å². The Bertz CT molecular complexity index is 1420. The zero-order chi connectivity index (χ0) is 55.7. The van der Waals surface area contributed by atoms with Crippen molar-refractivity contribution in [3.63, 3.8) is 0 Å². The molecule has 0 fully saturated rings. The molecule has 0 aliphatic carbocycles. The lowest BCUT2D eigenvalue weighted by Gasteiger charge is -2.18. The van der Waals surface area contributed by atoms with E-state index in [4.69, 9.17) is 14.2 Å². The van der Waals surface area contributed by atoms with Crippen LogP contribution in [0.1, 0.15) is 342 Å². The first kappa shape index (κ1) is 73.8. The van der Waals surface area contributed by atoms with Gasteiger partial charge in [-0.3, -0.25) is 14.4 Å². The number of ether oxygens (including phenoxy) is 3. The van der Waals surface area contributed by atoms with Crippen molar-refractivity contribution in [2.45, 2.75) is 348 Å². The number of allylic oxidation sites excluding steroid dienone is 12. The van der Waals surface area contributed by atoms with Crippen LogP contribution in [0.3, 0.4) is 0 Å². The minimum atomic E-state index is -0.779. The average molecular weight is 1080 g/mol. The second-order valence-electron chi connectivity index (χ2n) is 22.3. The van der Waals surface area contributed by atoms with E-state index in [0.29, 0.717) is 19.3 Å². The van der Waals surface area contributed by atoms with Gasteiger partial charge in [0.15, 0.2) is 6.10 Å². The molecule has 0 bridgehead atoms. The molecule has 0 aromatic heterocycles. The van der Waals surface area contributed by atoms with E-state index in [1.165, 1.54) is 212 Å². The standard InChI is InChI=1S/C71H126O6/c1-4-7-10-13-16-19-22-24-26-28-29-30-31-32-33-34-35-36-37-38-39-40-41-43-44-46-49-52-55-58-61-64-70(73)76-67-68(66-75-69(72)63-60-57-54-51-48-21-18-15-12-9-6-3)77-71(74)65-62-59-56-53-50-47-45-42-27-25-23-20-17-14-11-8-5-2/h7,10,15-16,18-19,24-27,29-30,68H,4-6,8-9,11-14,17,20-23,28,31-67H2,1-3H3/b10-7-,18-15-,19-16-,26-24-,27-25-,30-29-. The molecule has 77 heavy (non-hydrogen) atoms. The van der Waals surface area contributed by atoms with Crippen LogP contribution in [0.25, 0.3) is 0 Å². The second kappa shape index (κ2) is 65.4. The molecule has 1 unspecified atom stereocenters. The Morgan fingerprint density at radius 2 is 0.519 bits per heavy atom. The summed E-state index contributed by atoms with van der Waals surface area (Å²) >= 11 is 0. The molecule has 0 N–H and O–H groups in total. The van der Waals surface area contributed by atoms with Gasteiger partial charge in [0.2, 0.25) is 0 Å². The summed E-state index contributed by atoms with van der Waals surface area (Å²) in [6, 6.07) is 0. The molecule has 0 aromatic rings. The predicted octanol–water partition coefficient (Wildman–Crippen LogP) is 22.9. The second-order valence-corrected chi connectivity index (χ2v) is 22.3. The van der Waals surface area contributed by atoms with Gasteiger partial charge in [0.25, 0.3) is 0 Å². The van der Waals surface area contributed by atoms with Gasteiger partial charge in [-0.2, -0.15) is 0 Å². The summed E-state index contributed by atoms with van der Waals surface area (Å²) in [5.74, 6) is -0.873. The lowest BCUT2D eigenvalue weighted by molar-refractivity contribution is -0.167. The highest BCUT2D eigenvalue weighted by molar-refractivity contribution is 5.71. The van der Waals surface area contributed by atoms with Gasteiger partial charge in [-0.25, -0.2) is 0 Å². The summed E-state index contributed by atoms with van der Waals surface area (Å²) < 4.78 is 16.9. The fraction of sp³-hybridized carbons (Fsp3) is 0.789. The molecule has 0 aliphatic rings. The Morgan fingerprint density at radius 3 is 0.844 bits per heavy atom. The van der Waals surface area contributed by atoms with Crippen LogP contribution in [0.4, 0.5) is 0 Å². The zero-order valence-corrected chi connectivity index (χ0v) is 51.2. The van der Waals surface area contributed by atoms with E-state index >= 15 is 0 Å². The summed E-state index contributed by atoms with van der Waals surface area (Å²) in [6.45, 7) is 6.51. The lowest BCUT2D eigenvalue weighted by Crippen LogP contribution is -2.30. The molecule has 6 nitrogen and oxygen atoms in total. The van der Waals surface area contributed by atoms with Gasteiger partial charge in [0.05, 0.1) is 0 Å². The van der Waals surface area contributed by atoms with Crippen LogP contribution >= 0.6 is 0 Å². The van der Waals surface area contributed by atoms with E-state index in [0.717, 1.165) is 89.9 Å². The Kier molecular flexibility index (Phi) is 62.7. The number of hydrogen-bond acceptors (Lipinski definition) is 6. The molecular formula is C71H126O6. The van der Waals surface area contributed by atoms with Crippen LogP contribution < -0.4 is 0 Å². The molecule has 0 saturated heterocycles. The maximum absolute atomic E-state index is 12.9. The van der Waals surface area contributed by atoms with Gasteiger partial charge in [-0.05, 0) is 103 Å². The van der Waals surface area contributed by atoms with E-state index in [1.807, 2.05) is 0 Å². The largest absolute Gasteiger partial charge is 0.462 e. The lowest BCUT2D eigenvalue weighted by atomic mass is 10.0. The molecule has 1 atom stereocenters. The quantitative estimate of drug-likeness (QED) is 0.0261. The Hall–Kier alpha value is -3.15. The minimum absolute atomic E-state index is 0.0758. The Balaban J connectivity index is 4.14. The van der Waals surface area contributed by atoms with Gasteiger partial charge < -0.3 is 14.2 Å². The monoisotopic (exact) mass is 1070 g/mol. The van der Waals surface area contributed by atoms with Crippen LogP contribution in [0.5, 0.6) is 0 Å². The van der Waals surface area contributed by atoms with Gasteiger partial charge in [0.1, 0.15) is 13.2 Å². The Labute approximate surface area is 478 Å². The molecule has 0 radical (unpaired) electrons. The third-order valence-corrected chi connectivity index (χ3v) is 14.7. The number of rotatable bonds is 61. The third-order valence-electron chi connectivity index (χ3n) is 14.7. The van der Waals surface area contributed by atoms with Gasteiger partial charge in [-0.1, -0.05) is 293 Å².